The lowest BCUT2D eigenvalue weighted by molar-refractivity contribution is -0.203. The van der Waals surface area contributed by atoms with Crippen molar-refractivity contribution < 1.29 is 62.3 Å². The van der Waals surface area contributed by atoms with Gasteiger partial charge in [0, 0.05) is 5.56 Å². The molecule has 0 spiro atoms. The molecule has 0 aliphatic carbocycles. The fourth-order valence-electron chi connectivity index (χ4n) is 2.70. The van der Waals surface area contributed by atoms with E-state index < -0.39 is 70.0 Å². The van der Waals surface area contributed by atoms with Crippen LogP contribution < -0.4 is 0 Å². The molecule has 0 aromatic heterocycles. The number of benzene rings is 2. The fourth-order valence-corrected chi connectivity index (χ4v) is 2.70. The first-order valence-electron chi connectivity index (χ1n) is 8.35. The van der Waals surface area contributed by atoms with Crippen molar-refractivity contribution in [3.63, 3.8) is 0 Å². The predicted octanol–water partition coefficient (Wildman–Crippen LogP) is 6.88. The highest BCUT2D eigenvalue weighted by molar-refractivity contribution is 6.13. The molecule has 0 aliphatic heterocycles. The quantitative estimate of drug-likeness (QED) is 0.263. The van der Waals surface area contributed by atoms with Gasteiger partial charge in [0.25, 0.3) is 5.78 Å². The second kappa shape index (κ2) is 8.37. The third-order valence-electron chi connectivity index (χ3n) is 4.22. The van der Waals surface area contributed by atoms with Gasteiger partial charge in [-0.2, -0.15) is 52.7 Å². The summed E-state index contributed by atoms with van der Waals surface area (Å²) in [6.45, 7) is 0. The van der Waals surface area contributed by atoms with E-state index in [-0.39, 0.29) is 6.07 Å². The summed E-state index contributed by atoms with van der Waals surface area (Å²) >= 11 is 0. The Balaban J connectivity index is 2.52. The predicted molar refractivity (Wildman–Crippen MR) is 86.8 cm³/mol. The van der Waals surface area contributed by atoms with Crippen molar-refractivity contribution in [1.29, 1.82) is 0 Å². The summed E-state index contributed by atoms with van der Waals surface area (Å²) in [6, 6.07) is 2.61. The normalized spacial score (nSPS) is 14.2. The Morgan fingerprint density at radius 1 is 0.606 bits per heavy atom. The van der Waals surface area contributed by atoms with Crippen LogP contribution in [0.5, 0.6) is 0 Å². The number of ketones is 2. The minimum Gasteiger partial charge on any atom is -0.293 e. The van der Waals surface area contributed by atoms with Crippen LogP contribution in [0.15, 0.2) is 42.5 Å². The van der Waals surface area contributed by atoms with Gasteiger partial charge in [-0.15, -0.1) is 0 Å². The van der Waals surface area contributed by atoms with Crippen LogP contribution in [-0.4, -0.2) is 23.9 Å². The van der Waals surface area contributed by atoms with Gasteiger partial charge < -0.3 is 0 Å². The Labute approximate surface area is 175 Å². The summed E-state index contributed by atoms with van der Waals surface area (Å²) in [5, 5.41) is 0. The zero-order valence-corrected chi connectivity index (χ0v) is 15.5. The highest BCUT2D eigenvalue weighted by Crippen LogP contribution is 2.39. The monoisotopic (exact) mass is 496 g/mol. The van der Waals surface area contributed by atoms with Gasteiger partial charge in [0.15, 0.2) is 11.7 Å². The smallest absolute Gasteiger partial charge is 0.293 e. The Kier molecular flexibility index (Phi) is 6.65. The lowest BCUT2D eigenvalue weighted by atomic mass is 9.91. The molecule has 2 aromatic carbocycles. The topological polar surface area (TPSA) is 34.1 Å². The van der Waals surface area contributed by atoms with Gasteiger partial charge in [-0.05, 0) is 29.3 Å². The van der Waals surface area contributed by atoms with Crippen LogP contribution in [0, 0.1) is 5.92 Å². The number of hydrogen-bond donors (Lipinski definition) is 0. The van der Waals surface area contributed by atoms with Crippen LogP contribution in [0.25, 0.3) is 11.1 Å². The third-order valence-corrected chi connectivity index (χ3v) is 4.22. The van der Waals surface area contributed by atoms with E-state index >= 15 is 0 Å². The summed E-state index contributed by atoms with van der Waals surface area (Å²) in [6.07, 6.45) is -22.3. The van der Waals surface area contributed by atoms with E-state index in [4.69, 9.17) is 0 Å². The number of alkyl halides is 12. The van der Waals surface area contributed by atoms with Crippen LogP contribution >= 0.6 is 0 Å². The van der Waals surface area contributed by atoms with Crippen LogP contribution in [0.4, 0.5) is 52.7 Å². The molecule has 0 bridgehead atoms. The molecule has 0 N–H and O–H groups in total. The molecule has 33 heavy (non-hydrogen) atoms. The molecule has 14 heteroatoms. The minimum atomic E-state index is -6.00. The van der Waals surface area contributed by atoms with E-state index in [0.717, 1.165) is 0 Å². The van der Waals surface area contributed by atoms with E-state index in [2.05, 4.69) is 0 Å². The second-order valence-electron chi connectivity index (χ2n) is 6.57. The molecule has 0 amide bonds. The van der Waals surface area contributed by atoms with Gasteiger partial charge in [0.05, 0.1) is 11.1 Å². The van der Waals surface area contributed by atoms with E-state index in [9.17, 15) is 62.3 Å². The van der Waals surface area contributed by atoms with Gasteiger partial charge in [0.2, 0.25) is 0 Å². The molecule has 0 aliphatic rings. The molecule has 0 heterocycles. The Morgan fingerprint density at radius 2 is 1.03 bits per heavy atom. The maximum absolute atomic E-state index is 13.0. The third kappa shape index (κ3) is 6.05. The number of carbonyl (C=O) groups is 2. The van der Waals surface area contributed by atoms with Crippen molar-refractivity contribution >= 4 is 11.6 Å². The van der Waals surface area contributed by atoms with Crippen molar-refractivity contribution in [2.24, 2.45) is 5.92 Å². The molecule has 1 atom stereocenters. The van der Waals surface area contributed by atoms with Gasteiger partial charge in [-0.1, -0.05) is 24.3 Å². The zero-order valence-electron chi connectivity index (χ0n) is 15.5. The van der Waals surface area contributed by atoms with E-state index in [1.165, 1.54) is 0 Å². The van der Waals surface area contributed by atoms with E-state index in [1.807, 2.05) is 0 Å². The maximum Gasteiger partial charge on any atom is 0.451 e. The van der Waals surface area contributed by atoms with Gasteiger partial charge in [0.1, 0.15) is 0 Å². The molecule has 0 saturated carbocycles. The Hall–Kier alpha value is -3.06. The lowest BCUT2D eigenvalue weighted by Gasteiger charge is -2.19. The molecule has 2 nitrogen and oxygen atoms in total. The average molecular weight is 496 g/mol. The van der Waals surface area contributed by atoms with Crippen LogP contribution in [0.2, 0.25) is 0 Å². The van der Waals surface area contributed by atoms with E-state index in [1.54, 1.807) is 0 Å². The number of Topliss-reactive ketones (excluding diaryl/α,β-unsaturated/α-hetero) is 2. The van der Waals surface area contributed by atoms with Crippen molar-refractivity contribution in [3.8, 4) is 11.1 Å². The van der Waals surface area contributed by atoms with E-state index in [0.29, 0.717) is 36.4 Å². The minimum absolute atomic E-state index is 0.169. The Morgan fingerprint density at radius 3 is 1.36 bits per heavy atom. The first-order valence-corrected chi connectivity index (χ1v) is 8.35. The first-order chi connectivity index (χ1) is 14.7. The summed E-state index contributed by atoms with van der Waals surface area (Å²) in [4.78, 5) is 23.1. The lowest BCUT2D eigenvalue weighted by Crippen LogP contribution is -2.44. The highest BCUT2D eigenvalue weighted by Gasteiger charge is 2.58. The van der Waals surface area contributed by atoms with Crippen LogP contribution in [-0.2, 0) is 17.1 Å². The van der Waals surface area contributed by atoms with Crippen molar-refractivity contribution in [2.45, 2.75) is 24.7 Å². The summed E-state index contributed by atoms with van der Waals surface area (Å²) < 4.78 is 154. The highest BCUT2D eigenvalue weighted by atomic mass is 19.4. The zero-order chi connectivity index (χ0) is 25.6. The maximum atomic E-state index is 13.0. The molecule has 1 unspecified atom stereocenters. The van der Waals surface area contributed by atoms with Gasteiger partial charge in [-0.3, -0.25) is 9.59 Å². The van der Waals surface area contributed by atoms with Crippen LogP contribution in [0.3, 0.4) is 0 Å². The number of carbonyl (C=O) groups excluding carboxylic acids is 2. The fraction of sp³-hybridized carbons (Fsp3) is 0.263. The molecule has 2 aromatic rings. The molecular formula is C19H8F12O2. The van der Waals surface area contributed by atoms with Crippen molar-refractivity contribution in [1.82, 2.24) is 0 Å². The second-order valence-corrected chi connectivity index (χ2v) is 6.57. The molecular weight excluding hydrogens is 488 g/mol. The van der Waals surface area contributed by atoms with Crippen molar-refractivity contribution in [2.75, 3.05) is 0 Å². The van der Waals surface area contributed by atoms with Gasteiger partial charge in [-0.25, -0.2) is 0 Å². The summed E-state index contributed by atoms with van der Waals surface area (Å²) in [7, 11) is 0. The summed E-state index contributed by atoms with van der Waals surface area (Å²) in [5.74, 6) is -9.76. The number of hydrogen-bond acceptors (Lipinski definition) is 2. The summed E-state index contributed by atoms with van der Waals surface area (Å²) in [5.41, 5.74) is -5.56. The van der Waals surface area contributed by atoms with Gasteiger partial charge >= 0.3 is 24.7 Å². The first kappa shape index (κ1) is 26.2. The number of rotatable bonds is 4. The van der Waals surface area contributed by atoms with Crippen LogP contribution in [0.1, 0.15) is 21.5 Å². The van der Waals surface area contributed by atoms with Crippen molar-refractivity contribution in [3.05, 3.63) is 59.2 Å². The molecule has 0 radical (unpaired) electrons. The largest absolute Gasteiger partial charge is 0.451 e. The SMILES string of the molecule is O=C(c1ccc(-c2cc(C(F)(F)F)cc(C(F)(F)F)c2)cc1)C(C(=O)C(F)(F)F)C(F)(F)F. The Bertz CT molecular complexity index is 1010. The number of halogens is 12. The molecule has 0 saturated heterocycles. The standard InChI is InChI=1S/C19H8F12O2/c20-16(21,22)11-5-10(6-12(7-11)17(23,24)25)8-1-3-9(4-2-8)14(32)13(18(26,27)28)15(33)19(29,30)31/h1-7,13H. The molecule has 0 fully saturated rings. The molecule has 2 rings (SSSR count). The molecule has 180 valence electrons. The average Bonchev–Trinajstić information content (AvgIpc) is 2.64.